The van der Waals surface area contributed by atoms with Crippen molar-refractivity contribution in [2.24, 2.45) is 0 Å². The maximum absolute atomic E-state index is 13.1. The number of benzene rings is 1. The van der Waals surface area contributed by atoms with Gasteiger partial charge in [0.05, 0.1) is 11.8 Å². The number of likely N-dealkylation sites (tertiary alicyclic amines) is 1. The first-order valence-electron chi connectivity index (χ1n) is 7.08. The maximum Gasteiger partial charge on any atom is 0.170 e. The Labute approximate surface area is 123 Å². The first kappa shape index (κ1) is 15.9. The number of nitrogens with zero attached hydrogens (tertiary/aromatic N) is 2. The summed E-state index contributed by atoms with van der Waals surface area (Å²) in [4.78, 5) is 2.27. The van der Waals surface area contributed by atoms with Crippen LogP contribution in [0.15, 0.2) is 22.7 Å². The third-order valence-corrected chi connectivity index (χ3v) is 3.96. The zero-order valence-corrected chi connectivity index (χ0v) is 12.3. The van der Waals surface area contributed by atoms with Crippen molar-refractivity contribution in [3.63, 3.8) is 0 Å². The molecule has 2 aromatic rings. The predicted molar refractivity (Wildman–Crippen MR) is 79.1 cm³/mol. The summed E-state index contributed by atoms with van der Waals surface area (Å²) in [5.74, 6) is 0.0545. The van der Waals surface area contributed by atoms with Crippen molar-refractivity contribution in [1.82, 2.24) is 16.2 Å². The van der Waals surface area contributed by atoms with Crippen molar-refractivity contribution in [2.75, 3.05) is 19.6 Å². The van der Waals surface area contributed by atoms with Crippen molar-refractivity contribution in [3.05, 3.63) is 29.7 Å². The average molecular weight is 295 g/mol. The number of aliphatic hydroxyl groups excluding tert-OH is 1. The predicted octanol–water partition coefficient (Wildman–Crippen LogP) is 2.69. The molecule has 1 saturated heterocycles. The molecule has 6 heteroatoms. The molecule has 3 rings (SSSR count). The third kappa shape index (κ3) is 3.40. The second-order valence-electron chi connectivity index (χ2n) is 5.63. The highest BCUT2D eigenvalue weighted by Crippen LogP contribution is 2.32. The SMILES string of the molecule is CC(O)CN1CCC(c2noc3cc(F)ccc23)CC1.N. The summed E-state index contributed by atoms with van der Waals surface area (Å²) in [5.41, 5.74) is 1.46. The summed E-state index contributed by atoms with van der Waals surface area (Å²) >= 11 is 0. The minimum atomic E-state index is -0.299. The van der Waals surface area contributed by atoms with Crippen molar-refractivity contribution in [2.45, 2.75) is 31.8 Å². The van der Waals surface area contributed by atoms with Gasteiger partial charge in [-0.15, -0.1) is 0 Å². The van der Waals surface area contributed by atoms with E-state index >= 15 is 0 Å². The fraction of sp³-hybridized carbons (Fsp3) is 0.533. The molecule has 21 heavy (non-hydrogen) atoms. The number of aliphatic hydroxyl groups is 1. The van der Waals surface area contributed by atoms with Crippen molar-refractivity contribution < 1.29 is 14.0 Å². The largest absolute Gasteiger partial charge is 0.392 e. The number of hydrogen-bond acceptors (Lipinski definition) is 5. The minimum absolute atomic E-state index is 0. The molecule has 1 aliphatic rings. The first-order valence-corrected chi connectivity index (χ1v) is 7.08. The van der Waals surface area contributed by atoms with E-state index < -0.39 is 0 Å². The number of fused-ring (bicyclic) bond motifs is 1. The highest BCUT2D eigenvalue weighted by atomic mass is 19.1. The van der Waals surface area contributed by atoms with Gasteiger partial charge in [-0.1, -0.05) is 5.16 Å². The van der Waals surface area contributed by atoms with Gasteiger partial charge in [-0.05, 0) is 45.0 Å². The maximum atomic E-state index is 13.1. The molecule has 116 valence electrons. The standard InChI is InChI=1S/C15H19FN2O2.H3N/c1-10(19)9-18-6-4-11(5-7-18)15-13-3-2-12(16)8-14(13)20-17-15;/h2-3,8,10-11,19H,4-7,9H2,1H3;1H3. The van der Waals surface area contributed by atoms with Gasteiger partial charge < -0.3 is 20.7 Å². The van der Waals surface area contributed by atoms with Crippen molar-refractivity contribution >= 4 is 11.0 Å². The lowest BCUT2D eigenvalue weighted by Gasteiger charge is -2.31. The minimum Gasteiger partial charge on any atom is -0.392 e. The van der Waals surface area contributed by atoms with E-state index in [0.717, 1.165) is 43.6 Å². The highest BCUT2D eigenvalue weighted by Gasteiger charge is 2.25. The summed E-state index contributed by atoms with van der Waals surface area (Å²) in [6.45, 7) is 4.43. The Morgan fingerprint density at radius 1 is 1.43 bits per heavy atom. The third-order valence-electron chi connectivity index (χ3n) is 3.96. The molecule has 1 aromatic heterocycles. The summed E-state index contributed by atoms with van der Waals surface area (Å²) in [6.07, 6.45) is 1.69. The Morgan fingerprint density at radius 2 is 2.14 bits per heavy atom. The van der Waals surface area contributed by atoms with Crippen LogP contribution in [-0.4, -0.2) is 40.9 Å². The molecule has 0 bridgehead atoms. The molecule has 0 saturated carbocycles. The van der Waals surface area contributed by atoms with E-state index in [1.165, 1.54) is 12.1 Å². The summed E-state index contributed by atoms with van der Waals surface area (Å²) in [5, 5.41) is 14.5. The molecule has 1 unspecified atom stereocenters. The number of halogens is 1. The van der Waals surface area contributed by atoms with E-state index in [9.17, 15) is 9.50 Å². The smallest absolute Gasteiger partial charge is 0.170 e. The van der Waals surface area contributed by atoms with Gasteiger partial charge in [-0.3, -0.25) is 0 Å². The molecule has 0 spiro atoms. The summed E-state index contributed by atoms with van der Waals surface area (Å²) in [7, 11) is 0. The molecule has 1 atom stereocenters. The van der Waals surface area contributed by atoms with E-state index in [2.05, 4.69) is 10.1 Å². The fourth-order valence-corrected chi connectivity index (χ4v) is 2.99. The lowest BCUT2D eigenvalue weighted by Crippen LogP contribution is -2.37. The Balaban J connectivity index is 0.00000161. The first-order chi connectivity index (χ1) is 9.63. The number of piperidine rings is 1. The lowest BCUT2D eigenvalue weighted by molar-refractivity contribution is 0.108. The molecular weight excluding hydrogens is 273 g/mol. The number of hydrogen-bond donors (Lipinski definition) is 2. The van der Waals surface area contributed by atoms with Crippen LogP contribution in [0.5, 0.6) is 0 Å². The van der Waals surface area contributed by atoms with Crippen molar-refractivity contribution in [3.8, 4) is 0 Å². The monoisotopic (exact) mass is 295 g/mol. The van der Waals surface area contributed by atoms with Gasteiger partial charge in [-0.2, -0.15) is 0 Å². The Bertz CT molecular complexity index is 592. The second-order valence-corrected chi connectivity index (χ2v) is 5.63. The van der Waals surface area contributed by atoms with Crippen LogP contribution in [0.4, 0.5) is 4.39 Å². The van der Waals surface area contributed by atoms with Crippen LogP contribution in [0.25, 0.3) is 11.0 Å². The molecule has 2 heterocycles. The molecule has 0 radical (unpaired) electrons. The molecule has 1 aromatic carbocycles. The van der Waals surface area contributed by atoms with Crippen LogP contribution < -0.4 is 6.15 Å². The van der Waals surface area contributed by atoms with E-state index in [4.69, 9.17) is 4.52 Å². The Kier molecular flexibility index (Phi) is 4.92. The van der Waals surface area contributed by atoms with Gasteiger partial charge in [-0.25, -0.2) is 4.39 Å². The number of β-amino-alcohol motifs (C(OH)–C–C–N with tert-alkyl or cyclic N) is 1. The Hall–Kier alpha value is -1.50. The summed E-state index contributed by atoms with van der Waals surface area (Å²) in [6, 6.07) is 4.58. The van der Waals surface area contributed by atoms with Gasteiger partial charge in [0, 0.05) is 23.9 Å². The molecule has 0 amide bonds. The quantitative estimate of drug-likeness (QED) is 0.909. The normalized spacial score (nSPS) is 18.6. The van der Waals surface area contributed by atoms with Gasteiger partial charge in [0.15, 0.2) is 5.58 Å². The second kappa shape index (κ2) is 6.51. The van der Waals surface area contributed by atoms with E-state index in [1.807, 2.05) is 6.92 Å². The molecular formula is C15H22FN3O2. The van der Waals surface area contributed by atoms with Gasteiger partial charge in [0.2, 0.25) is 0 Å². The fourth-order valence-electron chi connectivity index (χ4n) is 2.99. The average Bonchev–Trinajstić information content (AvgIpc) is 2.82. The number of rotatable bonds is 3. The van der Waals surface area contributed by atoms with Crippen LogP contribution in [0, 0.1) is 5.82 Å². The van der Waals surface area contributed by atoms with E-state index in [-0.39, 0.29) is 18.1 Å². The zero-order chi connectivity index (χ0) is 14.1. The molecule has 5 nitrogen and oxygen atoms in total. The molecule has 0 aliphatic carbocycles. The molecule has 1 fully saturated rings. The van der Waals surface area contributed by atoms with Gasteiger partial charge >= 0.3 is 0 Å². The lowest BCUT2D eigenvalue weighted by atomic mass is 9.91. The summed E-state index contributed by atoms with van der Waals surface area (Å²) < 4.78 is 18.4. The van der Waals surface area contributed by atoms with Crippen LogP contribution >= 0.6 is 0 Å². The van der Waals surface area contributed by atoms with E-state index in [1.54, 1.807) is 6.07 Å². The van der Waals surface area contributed by atoms with Crippen molar-refractivity contribution in [1.29, 1.82) is 0 Å². The number of aromatic nitrogens is 1. The van der Waals surface area contributed by atoms with Crippen LogP contribution in [0.1, 0.15) is 31.4 Å². The highest BCUT2D eigenvalue weighted by molar-refractivity contribution is 5.79. The zero-order valence-electron chi connectivity index (χ0n) is 12.3. The van der Waals surface area contributed by atoms with Crippen LogP contribution in [0.3, 0.4) is 0 Å². The van der Waals surface area contributed by atoms with Crippen LogP contribution in [-0.2, 0) is 0 Å². The topological polar surface area (TPSA) is 84.5 Å². The van der Waals surface area contributed by atoms with Gasteiger partial charge in [0.25, 0.3) is 0 Å². The van der Waals surface area contributed by atoms with E-state index in [0.29, 0.717) is 11.5 Å². The molecule has 4 N–H and O–H groups in total. The molecule has 1 aliphatic heterocycles. The van der Waals surface area contributed by atoms with Crippen LogP contribution in [0.2, 0.25) is 0 Å². The van der Waals surface area contributed by atoms with Gasteiger partial charge in [0.1, 0.15) is 5.82 Å². The Morgan fingerprint density at radius 3 is 2.81 bits per heavy atom.